The second-order valence-corrected chi connectivity index (χ2v) is 5.89. The summed E-state index contributed by atoms with van der Waals surface area (Å²) >= 11 is 6.48. The molecule has 0 aliphatic carbocycles. The van der Waals surface area contributed by atoms with Gasteiger partial charge in [0, 0.05) is 16.9 Å². The Kier molecular flexibility index (Phi) is 6.25. The minimum absolute atomic E-state index is 0.911. The van der Waals surface area contributed by atoms with Gasteiger partial charge in [-0.3, -0.25) is 4.98 Å². The Morgan fingerprint density at radius 2 is 1.67 bits per heavy atom. The summed E-state index contributed by atoms with van der Waals surface area (Å²) in [4.78, 5) is 4.41. The molecule has 1 aromatic carbocycles. The van der Waals surface area contributed by atoms with Gasteiger partial charge in [-0.05, 0) is 60.6 Å². The number of nitrogens with zero attached hydrogens (tertiary/aromatic N) is 1. The van der Waals surface area contributed by atoms with E-state index in [4.69, 9.17) is 11.6 Å². The van der Waals surface area contributed by atoms with Crippen LogP contribution in [0.15, 0.2) is 36.5 Å². The maximum Gasteiger partial charge on any atom is 0.0441 e. The van der Waals surface area contributed by atoms with Crippen molar-refractivity contribution in [2.24, 2.45) is 0 Å². The zero-order valence-electron chi connectivity index (χ0n) is 13.0. The molecule has 0 spiro atoms. The number of hydrogen-bond acceptors (Lipinski definition) is 1. The molecule has 0 unspecified atom stereocenters. The van der Waals surface area contributed by atoms with E-state index in [0.717, 1.165) is 42.8 Å². The van der Waals surface area contributed by atoms with Crippen LogP contribution in [0.5, 0.6) is 0 Å². The number of pyridine rings is 1. The number of benzene rings is 1. The van der Waals surface area contributed by atoms with Crippen molar-refractivity contribution in [3.8, 4) is 0 Å². The molecule has 1 nitrogen and oxygen atoms in total. The topological polar surface area (TPSA) is 12.9 Å². The Hall–Kier alpha value is -1.34. The van der Waals surface area contributed by atoms with Crippen LogP contribution < -0.4 is 0 Å². The Labute approximate surface area is 133 Å². The van der Waals surface area contributed by atoms with Gasteiger partial charge in [-0.1, -0.05) is 50.4 Å². The predicted molar refractivity (Wildman–Crippen MR) is 91.1 cm³/mol. The highest BCUT2D eigenvalue weighted by molar-refractivity contribution is 6.31. The van der Waals surface area contributed by atoms with Gasteiger partial charge in [0.1, 0.15) is 0 Å². The van der Waals surface area contributed by atoms with E-state index in [-0.39, 0.29) is 0 Å². The van der Waals surface area contributed by atoms with Crippen LogP contribution in [0.25, 0.3) is 0 Å². The van der Waals surface area contributed by atoms with Crippen molar-refractivity contribution in [2.45, 2.75) is 52.4 Å². The van der Waals surface area contributed by atoms with Crippen molar-refractivity contribution in [3.05, 3.63) is 63.9 Å². The molecule has 2 heteroatoms. The highest BCUT2D eigenvalue weighted by Crippen LogP contribution is 2.27. The van der Waals surface area contributed by atoms with Gasteiger partial charge in [-0.25, -0.2) is 0 Å². The summed E-state index contributed by atoms with van der Waals surface area (Å²) in [6, 6.07) is 10.4. The number of rotatable bonds is 7. The van der Waals surface area contributed by atoms with Crippen molar-refractivity contribution in [1.82, 2.24) is 4.98 Å². The fraction of sp³-hybridized carbons (Fsp3) is 0.421. The fourth-order valence-electron chi connectivity index (χ4n) is 2.85. The largest absolute Gasteiger partial charge is 0.261 e. The first-order chi connectivity index (χ1) is 10.3. The van der Waals surface area contributed by atoms with Crippen molar-refractivity contribution < 1.29 is 0 Å². The predicted octanol–water partition coefficient (Wildman–Crippen LogP) is 5.43. The van der Waals surface area contributed by atoms with Crippen LogP contribution in [0.1, 0.15) is 49.1 Å². The summed E-state index contributed by atoms with van der Waals surface area (Å²) in [5.74, 6) is 0. The first kappa shape index (κ1) is 16.0. The molecule has 0 amide bonds. The highest BCUT2D eigenvalue weighted by atomic mass is 35.5. The second-order valence-electron chi connectivity index (χ2n) is 5.48. The monoisotopic (exact) mass is 301 g/mol. The van der Waals surface area contributed by atoms with Crippen molar-refractivity contribution in [1.29, 1.82) is 0 Å². The molecule has 0 saturated heterocycles. The first-order valence-electron chi connectivity index (χ1n) is 7.95. The van der Waals surface area contributed by atoms with Gasteiger partial charge in [-0.15, -0.1) is 0 Å². The molecule has 0 saturated carbocycles. The number of aromatic nitrogens is 1. The Bertz CT molecular complexity index is 563. The third kappa shape index (κ3) is 4.31. The first-order valence-corrected chi connectivity index (χ1v) is 8.33. The molecule has 2 rings (SSSR count). The lowest BCUT2D eigenvalue weighted by Crippen LogP contribution is -2.04. The summed E-state index contributed by atoms with van der Waals surface area (Å²) in [6.45, 7) is 4.47. The third-order valence-electron chi connectivity index (χ3n) is 3.85. The minimum atomic E-state index is 0.911. The molecule has 0 fully saturated rings. The minimum Gasteiger partial charge on any atom is -0.261 e. The fourth-order valence-corrected chi connectivity index (χ4v) is 3.12. The van der Waals surface area contributed by atoms with Gasteiger partial charge in [-0.2, -0.15) is 0 Å². The Balaban J connectivity index is 2.25. The second kappa shape index (κ2) is 8.19. The van der Waals surface area contributed by atoms with Crippen LogP contribution in [-0.4, -0.2) is 4.98 Å². The van der Waals surface area contributed by atoms with Crippen molar-refractivity contribution in [3.63, 3.8) is 0 Å². The summed E-state index contributed by atoms with van der Waals surface area (Å²) in [5, 5.41) is 0.911. The normalized spacial score (nSPS) is 10.8. The van der Waals surface area contributed by atoms with Gasteiger partial charge in [0.2, 0.25) is 0 Å². The van der Waals surface area contributed by atoms with Gasteiger partial charge in [0.25, 0.3) is 0 Å². The van der Waals surface area contributed by atoms with E-state index < -0.39 is 0 Å². The van der Waals surface area contributed by atoms with E-state index in [1.54, 1.807) is 0 Å². The lowest BCUT2D eigenvalue weighted by atomic mass is 9.92. The molecule has 112 valence electrons. The third-order valence-corrected chi connectivity index (χ3v) is 4.20. The van der Waals surface area contributed by atoms with Crippen LogP contribution in [-0.2, 0) is 25.7 Å². The summed E-state index contributed by atoms with van der Waals surface area (Å²) in [5.41, 5.74) is 5.41. The molecule has 0 atom stereocenters. The van der Waals surface area contributed by atoms with Gasteiger partial charge in [0.05, 0.1) is 0 Å². The molecule has 1 heterocycles. The molecule has 1 aromatic heterocycles. The smallest absolute Gasteiger partial charge is 0.0441 e. The molecular formula is C19H24ClN. The standard InChI is InChI=1S/C19H24ClN/c1-3-7-15-10-13-19(20)18(17(15)8-4-2)12-11-16-9-5-6-14-21-16/h5-6,9-10,13-14H,3-4,7-8,11-12H2,1-2H3. The SMILES string of the molecule is CCCc1ccc(Cl)c(CCc2ccccn2)c1CCC. The van der Waals surface area contributed by atoms with Gasteiger partial charge < -0.3 is 0 Å². The Morgan fingerprint density at radius 1 is 0.857 bits per heavy atom. The maximum atomic E-state index is 6.48. The van der Waals surface area contributed by atoms with E-state index in [1.807, 2.05) is 18.3 Å². The van der Waals surface area contributed by atoms with Crippen LogP contribution in [0.4, 0.5) is 0 Å². The molecule has 0 radical (unpaired) electrons. The molecule has 0 aliphatic rings. The van der Waals surface area contributed by atoms with E-state index >= 15 is 0 Å². The average Bonchev–Trinajstić information content (AvgIpc) is 2.51. The number of hydrogen-bond donors (Lipinski definition) is 0. The van der Waals surface area contributed by atoms with Crippen LogP contribution in [0, 0.1) is 0 Å². The van der Waals surface area contributed by atoms with Gasteiger partial charge >= 0.3 is 0 Å². The lowest BCUT2D eigenvalue weighted by Gasteiger charge is -2.16. The lowest BCUT2D eigenvalue weighted by molar-refractivity contribution is 0.826. The van der Waals surface area contributed by atoms with Gasteiger partial charge in [0.15, 0.2) is 0 Å². The molecular weight excluding hydrogens is 278 g/mol. The average molecular weight is 302 g/mol. The van der Waals surface area contributed by atoms with E-state index in [1.165, 1.54) is 23.1 Å². The zero-order valence-corrected chi connectivity index (χ0v) is 13.8. The Morgan fingerprint density at radius 3 is 2.33 bits per heavy atom. The molecule has 0 bridgehead atoms. The quantitative estimate of drug-likeness (QED) is 0.665. The van der Waals surface area contributed by atoms with Crippen LogP contribution in [0.2, 0.25) is 5.02 Å². The van der Waals surface area contributed by atoms with E-state index in [2.05, 4.69) is 37.0 Å². The molecule has 21 heavy (non-hydrogen) atoms. The number of aryl methyl sites for hydroxylation is 2. The molecule has 0 aliphatic heterocycles. The van der Waals surface area contributed by atoms with E-state index in [9.17, 15) is 0 Å². The van der Waals surface area contributed by atoms with Crippen LogP contribution >= 0.6 is 11.6 Å². The molecule has 0 N–H and O–H groups in total. The van der Waals surface area contributed by atoms with Crippen molar-refractivity contribution >= 4 is 11.6 Å². The highest BCUT2D eigenvalue weighted by Gasteiger charge is 2.12. The van der Waals surface area contributed by atoms with Crippen molar-refractivity contribution in [2.75, 3.05) is 0 Å². The number of halogens is 1. The summed E-state index contributed by atoms with van der Waals surface area (Å²) < 4.78 is 0. The maximum absolute atomic E-state index is 6.48. The summed E-state index contributed by atoms with van der Waals surface area (Å²) in [7, 11) is 0. The zero-order chi connectivity index (χ0) is 15.1. The van der Waals surface area contributed by atoms with Crippen LogP contribution in [0.3, 0.4) is 0 Å². The van der Waals surface area contributed by atoms with E-state index in [0.29, 0.717) is 0 Å². The molecule has 2 aromatic rings. The summed E-state index contributed by atoms with van der Waals surface area (Å²) in [6.07, 6.45) is 8.38.